The van der Waals surface area contributed by atoms with Crippen molar-refractivity contribution in [1.82, 2.24) is 10.2 Å². The van der Waals surface area contributed by atoms with Gasteiger partial charge in [-0.2, -0.15) is 0 Å². The van der Waals surface area contributed by atoms with Crippen LogP contribution in [0.4, 0.5) is 0 Å². The van der Waals surface area contributed by atoms with Gasteiger partial charge < -0.3 is 10.2 Å². The van der Waals surface area contributed by atoms with Gasteiger partial charge in [-0.25, -0.2) is 0 Å². The Bertz CT molecular complexity index is 237. The normalized spacial score (nSPS) is 16.5. The van der Waals surface area contributed by atoms with Gasteiger partial charge in [0, 0.05) is 19.5 Å². The third-order valence-corrected chi connectivity index (χ3v) is 4.17. The number of hydrogen-bond donors (Lipinski definition) is 1. The van der Waals surface area contributed by atoms with Crippen molar-refractivity contribution in [2.45, 2.75) is 65.2 Å². The maximum Gasteiger partial charge on any atom is 0.222 e. The molecule has 0 atom stereocenters. The first-order valence-corrected chi connectivity index (χ1v) is 8.26. The van der Waals surface area contributed by atoms with E-state index in [1.165, 1.54) is 38.5 Å². The third kappa shape index (κ3) is 6.95. The average Bonchev–Trinajstić information content (AvgIpc) is 2.45. The molecule has 0 aliphatic carbocycles. The number of hydrogen-bond acceptors (Lipinski definition) is 2. The minimum atomic E-state index is 0.373. The van der Waals surface area contributed by atoms with Crippen LogP contribution in [-0.2, 0) is 4.79 Å². The lowest BCUT2D eigenvalue weighted by Crippen LogP contribution is -2.39. The highest BCUT2D eigenvalue weighted by Crippen LogP contribution is 2.15. The zero-order chi connectivity index (χ0) is 13.9. The molecule has 0 aromatic carbocycles. The van der Waals surface area contributed by atoms with Crippen molar-refractivity contribution < 1.29 is 4.79 Å². The monoisotopic (exact) mass is 268 g/mol. The fourth-order valence-electron chi connectivity index (χ4n) is 2.82. The zero-order valence-electron chi connectivity index (χ0n) is 12.9. The second-order valence-corrected chi connectivity index (χ2v) is 5.79. The maximum absolute atomic E-state index is 12.2. The van der Waals surface area contributed by atoms with Gasteiger partial charge in [-0.1, -0.05) is 32.6 Å². The number of carbonyl (C=O) groups excluding carboxylic acids is 1. The first-order valence-electron chi connectivity index (χ1n) is 8.26. The lowest BCUT2D eigenvalue weighted by Gasteiger charge is -2.29. The smallest absolute Gasteiger partial charge is 0.222 e. The van der Waals surface area contributed by atoms with Crippen molar-refractivity contribution in [1.29, 1.82) is 0 Å². The van der Waals surface area contributed by atoms with E-state index in [-0.39, 0.29) is 0 Å². The van der Waals surface area contributed by atoms with Crippen LogP contribution in [0.3, 0.4) is 0 Å². The van der Waals surface area contributed by atoms with Gasteiger partial charge >= 0.3 is 0 Å². The van der Waals surface area contributed by atoms with Crippen LogP contribution in [0.15, 0.2) is 0 Å². The number of piperidine rings is 1. The number of rotatable bonds is 9. The molecule has 1 fully saturated rings. The first-order chi connectivity index (χ1) is 9.27. The van der Waals surface area contributed by atoms with E-state index in [1.54, 1.807) is 0 Å². The molecular weight excluding hydrogens is 236 g/mol. The quantitative estimate of drug-likeness (QED) is 0.651. The molecule has 0 saturated carbocycles. The van der Waals surface area contributed by atoms with E-state index in [0.29, 0.717) is 11.8 Å². The molecular formula is C16H32N2O. The SMILES string of the molecule is CCCCCCCC(=O)N(CC)CC1CCNCC1. The summed E-state index contributed by atoms with van der Waals surface area (Å²) in [6.07, 6.45) is 9.34. The molecule has 1 rings (SSSR count). The summed E-state index contributed by atoms with van der Waals surface area (Å²) in [4.78, 5) is 14.3. The van der Waals surface area contributed by atoms with E-state index in [4.69, 9.17) is 0 Å². The van der Waals surface area contributed by atoms with Gasteiger partial charge in [0.25, 0.3) is 0 Å². The van der Waals surface area contributed by atoms with Crippen LogP contribution in [0, 0.1) is 5.92 Å². The van der Waals surface area contributed by atoms with Crippen molar-refractivity contribution in [3.63, 3.8) is 0 Å². The predicted molar refractivity (Wildman–Crippen MR) is 81.2 cm³/mol. The summed E-state index contributed by atoms with van der Waals surface area (Å²) in [7, 11) is 0. The minimum absolute atomic E-state index is 0.373. The van der Waals surface area contributed by atoms with Gasteiger partial charge in [0.2, 0.25) is 5.91 Å². The lowest BCUT2D eigenvalue weighted by molar-refractivity contribution is -0.131. The van der Waals surface area contributed by atoms with Crippen molar-refractivity contribution in [2.24, 2.45) is 5.92 Å². The summed E-state index contributed by atoms with van der Waals surface area (Å²) in [5.74, 6) is 1.09. The van der Waals surface area contributed by atoms with E-state index in [1.807, 2.05) is 0 Å². The van der Waals surface area contributed by atoms with Gasteiger partial charge in [-0.05, 0) is 45.2 Å². The Morgan fingerprint density at radius 2 is 1.79 bits per heavy atom. The van der Waals surface area contributed by atoms with E-state index in [2.05, 4.69) is 24.1 Å². The van der Waals surface area contributed by atoms with Crippen LogP contribution < -0.4 is 5.32 Å². The minimum Gasteiger partial charge on any atom is -0.343 e. The molecule has 0 aromatic rings. The lowest BCUT2D eigenvalue weighted by atomic mass is 9.97. The summed E-state index contributed by atoms with van der Waals surface area (Å²) in [5.41, 5.74) is 0. The molecule has 1 heterocycles. The first kappa shape index (κ1) is 16.5. The standard InChI is InChI=1S/C16H32N2O/c1-3-5-6-7-8-9-16(19)18(4-2)14-15-10-12-17-13-11-15/h15,17H,3-14H2,1-2H3. The van der Waals surface area contributed by atoms with E-state index in [9.17, 15) is 4.79 Å². The number of carbonyl (C=O) groups is 1. The van der Waals surface area contributed by atoms with E-state index >= 15 is 0 Å². The van der Waals surface area contributed by atoms with Crippen LogP contribution in [0.1, 0.15) is 65.2 Å². The molecule has 0 bridgehead atoms. The van der Waals surface area contributed by atoms with Crippen molar-refractivity contribution >= 4 is 5.91 Å². The summed E-state index contributed by atoms with van der Waals surface area (Å²) >= 11 is 0. The van der Waals surface area contributed by atoms with Crippen LogP contribution in [-0.4, -0.2) is 37.0 Å². The number of amides is 1. The summed E-state index contributed by atoms with van der Waals surface area (Å²) in [6, 6.07) is 0. The number of nitrogens with zero attached hydrogens (tertiary/aromatic N) is 1. The molecule has 1 aliphatic rings. The Labute approximate surface area is 119 Å². The predicted octanol–water partition coefficient (Wildman–Crippen LogP) is 3.20. The fourth-order valence-corrected chi connectivity index (χ4v) is 2.82. The van der Waals surface area contributed by atoms with Crippen LogP contribution in [0.25, 0.3) is 0 Å². The fraction of sp³-hybridized carbons (Fsp3) is 0.938. The van der Waals surface area contributed by atoms with Gasteiger partial charge in [0.1, 0.15) is 0 Å². The summed E-state index contributed by atoms with van der Waals surface area (Å²) < 4.78 is 0. The van der Waals surface area contributed by atoms with Gasteiger partial charge in [-0.15, -0.1) is 0 Å². The molecule has 0 spiro atoms. The molecule has 0 radical (unpaired) electrons. The topological polar surface area (TPSA) is 32.3 Å². The Kier molecular flexibility index (Phi) is 8.89. The van der Waals surface area contributed by atoms with Crippen molar-refractivity contribution in [2.75, 3.05) is 26.2 Å². The number of nitrogens with one attached hydrogen (secondary N) is 1. The highest BCUT2D eigenvalue weighted by atomic mass is 16.2. The van der Waals surface area contributed by atoms with Crippen molar-refractivity contribution in [3.05, 3.63) is 0 Å². The molecule has 1 amide bonds. The number of unbranched alkanes of at least 4 members (excludes halogenated alkanes) is 4. The van der Waals surface area contributed by atoms with Crippen LogP contribution >= 0.6 is 0 Å². The zero-order valence-corrected chi connectivity index (χ0v) is 12.9. The maximum atomic E-state index is 12.2. The summed E-state index contributed by atoms with van der Waals surface area (Å²) in [6.45, 7) is 8.42. The van der Waals surface area contributed by atoms with Crippen molar-refractivity contribution in [3.8, 4) is 0 Å². The average molecular weight is 268 g/mol. The second-order valence-electron chi connectivity index (χ2n) is 5.79. The van der Waals surface area contributed by atoms with E-state index < -0.39 is 0 Å². The Hall–Kier alpha value is -0.570. The summed E-state index contributed by atoms with van der Waals surface area (Å²) in [5, 5.41) is 3.39. The molecule has 112 valence electrons. The third-order valence-electron chi connectivity index (χ3n) is 4.17. The Morgan fingerprint density at radius 1 is 1.11 bits per heavy atom. The van der Waals surface area contributed by atoms with E-state index in [0.717, 1.165) is 39.0 Å². The Morgan fingerprint density at radius 3 is 2.42 bits per heavy atom. The van der Waals surface area contributed by atoms with Crippen LogP contribution in [0.5, 0.6) is 0 Å². The molecule has 3 nitrogen and oxygen atoms in total. The molecule has 1 saturated heterocycles. The highest BCUT2D eigenvalue weighted by Gasteiger charge is 2.19. The molecule has 1 aliphatic heterocycles. The van der Waals surface area contributed by atoms with Gasteiger partial charge in [0.15, 0.2) is 0 Å². The molecule has 1 N–H and O–H groups in total. The largest absolute Gasteiger partial charge is 0.343 e. The molecule has 0 aromatic heterocycles. The molecule has 19 heavy (non-hydrogen) atoms. The molecule has 0 unspecified atom stereocenters. The molecule has 3 heteroatoms. The van der Waals surface area contributed by atoms with Crippen LogP contribution in [0.2, 0.25) is 0 Å². The van der Waals surface area contributed by atoms with Gasteiger partial charge in [0.05, 0.1) is 0 Å². The Balaban J connectivity index is 2.18. The second kappa shape index (κ2) is 10.2. The highest BCUT2D eigenvalue weighted by molar-refractivity contribution is 5.76. The van der Waals surface area contributed by atoms with Gasteiger partial charge in [-0.3, -0.25) is 4.79 Å².